The number of hydrazine groups is 1. The minimum Gasteiger partial charge on any atom is -0.462 e. The molecule has 192 valence electrons. The summed E-state index contributed by atoms with van der Waals surface area (Å²) < 4.78 is 9.96. The molecule has 0 aliphatic rings. The van der Waals surface area contributed by atoms with Crippen molar-refractivity contribution in [3.63, 3.8) is 0 Å². The highest BCUT2D eigenvalue weighted by Crippen LogP contribution is 2.14. The first kappa shape index (κ1) is 28.3. The van der Waals surface area contributed by atoms with Crippen LogP contribution in [0, 0.1) is 0 Å². The van der Waals surface area contributed by atoms with Crippen LogP contribution in [0.1, 0.15) is 59.7 Å². The fourth-order valence-corrected chi connectivity index (χ4v) is 3.01. The van der Waals surface area contributed by atoms with Gasteiger partial charge in [-0.3, -0.25) is 30.0 Å². The number of nitrogens with one attached hydrogen (secondary N) is 3. The van der Waals surface area contributed by atoms with Gasteiger partial charge in [-0.25, -0.2) is 4.79 Å². The first-order valence-corrected chi connectivity index (χ1v) is 11.7. The second-order valence-corrected chi connectivity index (χ2v) is 8.02. The highest BCUT2D eigenvalue weighted by atomic mass is 35.5. The first-order valence-electron chi connectivity index (χ1n) is 11.4. The Balaban J connectivity index is 1.61. The number of esters is 2. The molecule has 0 spiro atoms. The van der Waals surface area contributed by atoms with E-state index in [1.54, 1.807) is 36.4 Å². The van der Waals surface area contributed by atoms with Gasteiger partial charge in [-0.1, -0.05) is 37.1 Å². The van der Waals surface area contributed by atoms with Gasteiger partial charge in [-0.2, -0.15) is 0 Å². The molecule has 11 heteroatoms. The summed E-state index contributed by atoms with van der Waals surface area (Å²) in [5.41, 5.74) is 5.36. The van der Waals surface area contributed by atoms with Crippen LogP contribution in [0.4, 0.5) is 5.69 Å². The van der Waals surface area contributed by atoms with Crippen molar-refractivity contribution in [3.8, 4) is 0 Å². The Hall–Kier alpha value is -3.92. The van der Waals surface area contributed by atoms with Crippen LogP contribution in [0.15, 0.2) is 48.5 Å². The molecule has 2 aromatic carbocycles. The van der Waals surface area contributed by atoms with Crippen LogP contribution in [0.5, 0.6) is 0 Å². The van der Waals surface area contributed by atoms with E-state index in [1.165, 1.54) is 12.1 Å². The van der Waals surface area contributed by atoms with Gasteiger partial charge >= 0.3 is 11.9 Å². The molecule has 0 heterocycles. The van der Waals surface area contributed by atoms with E-state index in [1.807, 2.05) is 6.92 Å². The van der Waals surface area contributed by atoms with Crippen LogP contribution < -0.4 is 16.2 Å². The molecular formula is C25H28ClN3O7. The highest BCUT2D eigenvalue weighted by Gasteiger charge is 2.13. The molecule has 0 saturated heterocycles. The van der Waals surface area contributed by atoms with Crippen molar-refractivity contribution in [1.82, 2.24) is 10.9 Å². The van der Waals surface area contributed by atoms with Crippen molar-refractivity contribution in [1.29, 1.82) is 0 Å². The summed E-state index contributed by atoms with van der Waals surface area (Å²) in [5.74, 6) is -2.76. The molecule has 0 atom stereocenters. The molecule has 0 aromatic heterocycles. The number of anilines is 1. The predicted octanol–water partition coefficient (Wildman–Crippen LogP) is 3.41. The van der Waals surface area contributed by atoms with Gasteiger partial charge in [0.1, 0.15) is 0 Å². The van der Waals surface area contributed by atoms with Gasteiger partial charge in [0, 0.05) is 18.5 Å². The minimum absolute atomic E-state index is 0.0516. The van der Waals surface area contributed by atoms with Gasteiger partial charge in [-0.05, 0) is 49.2 Å². The Bertz CT molecular complexity index is 1070. The Kier molecular flexibility index (Phi) is 11.9. The lowest BCUT2D eigenvalue weighted by Crippen LogP contribution is -2.43. The number of unbranched alkanes of at least 4 members (excludes halogenated alkanes) is 1. The fourth-order valence-electron chi connectivity index (χ4n) is 2.79. The highest BCUT2D eigenvalue weighted by molar-refractivity contribution is 6.33. The number of hydrogen-bond donors (Lipinski definition) is 3. The van der Waals surface area contributed by atoms with Crippen molar-refractivity contribution < 1.29 is 33.4 Å². The maximum atomic E-state index is 12.1. The van der Waals surface area contributed by atoms with Crippen molar-refractivity contribution in [2.24, 2.45) is 0 Å². The quantitative estimate of drug-likeness (QED) is 0.222. The average Bonchev–Trinajstić information content (AvgIpc) is 2.86. The van der Waals surface area contributed by atoms with E-state index in [4.69, 9.17) is 21.1 Å². The van der Waals surface area contributed by atoms with Crippen molar-refractivity contribution >= 4 is 46.9 Å². The van der Waals surface area contributed by atoms with E-state index in [9.17, 15) is 24.0 Å². The summed E-state index contributed by atoms with van der Waals surface area (Å²) in [4.78, 5) is 59.5. The summed E-state index contributed by atoms with van der Waals surface area (Å²) in [6.45, 7) is 1.77. The molecule has 2 aromatic rings. The van der Waals surface area contributed by atoms with E-state index < -0.39 is 30.4 Å². The molecule has 0 saturated carbocycles. The Morgan fingerprint density at radius 3 is 2.25 bits per heavy atom. The number of carbonyl (C=O) groups is 5. The Morgan fingerprint density at radius 1 is 0.833 bits per heavy atom. The predicted molar refractivity (Wildman–Crippen MR) is 132 cm³/mol. The summed E-state index contributed by atoms with van der Waals surface area (Å²) in [6.07, 6.45) is 1.90. The third-order valence-corrected chi connectivity index (χ3v) is 5.05. The summed E-state index contributed by atoms with van der Waals surface area (Å²) in [5, 5.41) is 2.89. The zero-order valence-corrected chi connectivity index (χ0v) is 20.6. The molecule has 3 N–H and O–H groups in total. The SMILES string of the molecule is CCCCOC(=O)c1ccc(NC(=O)CCCC(=O)OCC(=O)NNC(=O)c2ccccc2Cl)cc1. The Labute approximate surface area is 213 Å². The number of rotatable bonds is 12. The molecule has 2 rings (SSSR count). The second-order valence-electron chi connectivity index (χ2n) is 7.61. The molecule has 3 amide bonds. The van der Waals surface area contributed by atoms with Gasteiger partial charge in [-0.15, -0.1) is 0 Å². The zero-order valence-electron chi connectivity index (χ0n) is 19.8. The number of amides is 3. The topological polar surface area (TPSA) is 140 Å². The molecule has 0 bridgehead atoms. The largest absolute Gasteiger partial charge is 0.462 e. The van der Waals surface area contributed by atoms with Crippen LogP contribution in [0.3, 0.4) is 0 Å². The fraction of sp³-hybridized carbons (Fsp3) is 0.320. The van der Waals surface area contributed by atoms with E-state index in [0.717, 1.165) is 12.8 Å². The molecule has 0 aliphatic heterocycles. The van der Waals surface area contributed by atoms with Gasteiger partial charge in [0.15, 0.2) is 6.61 Å². The monoisotopic (exact) mass is 517 g/mol. The normalized spacial score (nSPS) is 10.2. The van der Waals surface area contributed by atoms with E-state index >= 15 is 0 Å². The van der Waals surface area contributed by atoms with Crippen LogP contribution >= 0.6 is 11.6 Å². The number of carbonyl (C=O) groups excluding carboxylic acids is 5. The van der Waals surface area contributed by atoms with E-state index in [2.05, 4.69) is 16.2 Å². The van der Waals surface area contributed by atoms with Crippen LogP contribution in [-0.4, -0.2) is 42.9 Å². The molecule has 36 heavy (non-hydrogen) atoms. The van der Waals surface area contributed by atoms with Gasteiger partial charge < -0.3 is 14.8 Å². The van der Waals surface area contributed by atoms with E-state index in [-0.39, 0.29) is 35.8 Å². The number of halogens is 1. The van der Waals surface area contributed by atoms with Crippen molar-refractivity contribution in [2.45, 2.75) is 39.0 Å². The lowest BCUT2D eigenvalue weighted by atomic mass is 10.2. The molecule has 0 unspecified atom stereocenters. The molecule has 10 nitrogen and oxygen atoms in total. The molecule has 0 fully saturated rings. The van der Waals surface area contributed by atoms with Crippen molar-refractivity contribution in [2.75, 3.05) is 18.5 Å². The lowest BCUT2D eigenvalue weighted by molar-refractivity contribution is -0.148. The smallest absolute Gasteiger partial charge is 0.338 e. The third kappa shape index (κ3) is 10.1. The molecular weight excluding hydrogens is 490 g/mol. The lowest BCUT2D eigenvalue weighted by Gasteiger charge is -2.09. The average molecular weight is 518 g/mol. The summed E-state index contributed by atoms with van der Waals surface area (Å²) >= 11 is 5.90. The molecule has 0 radical (unpaired) electrons. The Morgan fingerprint density at radius 2 is 1.56 bits per heavy atom. The zero-order chi connectivity index (χ0) is 26.3. The number of ether oxygens (including phenoxy) is 2. The van der Waals surface area contributed by atoms with Gasteiger partial charge in [0.05, 0.1) is 22.8 Å². The molecule has 0 aliphatic carbocycles. The third-order valence-electron chi connectivity index (χ3n) is 4.72. The number of hydrogen-bond acceptors (Lipinski definition) is 7. The first-order chi connectivity index (χ1) is 17.3. The van der Waals surface area contributed by atoms with E-state index in [0.29, 0.717) is 17.9 Å². The van der Waals surface area contributed by atoms with Gasteiger partial charge in [0.25, 0.3) is 11.8 Å². The maximum Gasteiger partial charge on any atom is 0.338 e. The van der Waals surface area contributed by atoms with Gasteiger partial charge in [0.2, 0.25) is 5.91 Å². The standard InChI is InChI=1S/C25H28ClN3O7/c1-2-3-15-35-25(34)17-11-13-18(14-12-17)27-21(30)9-6-10-23(32)36-16-22(31)28-29-24(33)19-7-4-5-8-20(19)26/h4-5,7-8,11-14H,2-3,6,9-10,15-16H2,1H3,(H,27,30)(H,28,31)(H,29,33). The summed E-state index contributed by atoms with van der Waals surface area (Å²) in [7, 11) is 0. The minimum atomic E-state index is -0.737. The second kappa shape index (κ2) is 15.2. The van der Waals surface area contributed by atoms with Crippen LogP contribution in [0.25, 0.3) is 0 Å². The van der Waals surface area contributed by atoms with Crippen LogP contribution in [0.2, 0.25) is 5.02 Å². The maximum absolute atomic E-state index is 12.1. The summed E-state index contributed by atoms with van der Waals surface area (Å²) in [6, 6.07) is 12.6. The van der Waals surface area contributed by atoms with Crippen molar-refractivity contribution in [3.05, 3.63) is 64.7 Å². The number of benzene rings is 2. The van der Waals surface area contributed by atoms with Crippen LogP contribution in [-0.2, 0) is 23.9 Å².